The molecule has 1 atom stereocenters. The van der Waals surface area contributed by atoms with Crippen molar-refractivity contribution in [2.45, 2.75) is 31.8 Å². The van der Waals surface area contributed by atoms with Gasteiger partial charge in [-0.2, -0.15) is 0 Å². The quantitative estimate of drug-likeness (QED) is 0.857. The number of aromatic nitrogens is 1. The van der Waals surface area contributed by atoms with Crippen molar-refractivity contribution in [1.82, 2.24) is 15.4 Å². The van der Waals surface area contributed by atoms with Crippen LogP contribution in [0.4, 0.5) is 0 Å². The van der Waals surface area contributed by atoms with Crippen molar-refractivity contribution < 1.29 is 18.8 Å². The number of benzene rings is 1. The lowest BCUT2D eigenvalue weighted by atomic mass is 9.96. The highest BCUT2D eigenvalue weighted by Crippen LogP contribution is 2.23. The first-order valence-electron chi connectivity index (χ1n) is 9.91. The van der Waals surface area contributed by atoms with Gasteiger partial charge in [0.1, 0.15) is 6.10 Å². The Balaban J connectivity index is 1.26. The molecule has 2 amide bonds. The Labute approximate surface area is 164 Å². The van der Waals surface area contributed by atoms with Gasteiger partial charge in [0, 0.05) is 37.9 Å². The maximum Gasteiger partial charge on any atom is 0.276 e. The molecule has 0 aliphatic carbocycles. The number of nitrogens with one attached hydrogen (secondary N) is 1. The standard InChI is InChI=1S/C21H25N3O4/c25-20(18-7-4-12-27-18)22-14-15-8-10-24(11-9-15)21(26)17-13-19(28-23-17)16-5-2-1-3-6-16/h1-3,5-6,13,15,18H,4,7-12,14H2,(H,22,25). The van der Waals surface area contributed by atoms with Gasteiger partial charge in [-0.1, -0.05) is 35.5 Å². The zero-order valence-electron chi connectivity index (χ0n) is 15.8. The molecule has 7 heteroatoms. The molecule has 148 valence electrons. The summed E-state index contributed by atoms with van der Waals surface area (Å²) in [6.45, 7) is 2.63. The van der Waals surface area contributed by atoms with Crippen LogP contribution < -0.4 is 5.32 Å². The molecule has 1 aromatic carbocycles. The number of carbonyl (C=O) groups is 2. The summed E-state index contributed by atoms with van der Waals surface area (Å²) in [5.74, 6) is 0.863. The van der Waals surface area contributed by atoms with E-state index in [-0.39, 0.29) is 17.9 Å². The summed E-state index contributed by atoms with van der Waals surface area (Å²) in [4.78, 5) is 26.6. The van der Waals surface area contributed by atoms with Gasteiger partial charge in [-0.3, -0.25) is 9.59 Å². The van der Waals surface area contributed by atoms with Gasteiger partial charge >= 0.3 is 0 Å². The van der Waals surface area contributed by atoms with Gasteiger partial charge in [-0.25, -0.2) is 0 Å². The van der Waals surface area contributed by atoms with E-state index in [1.807, 2.05) is 35.2 Å². The molecular formula is C21H25N3O4. The van der Waals surface area contributed by atoms with Crippen LogP contribution in [0, 0.1) is 5.92 Å². The van der Waals surface area contributed by atoms with Crippen LogP contribution in [0.25, 0.3) is 11.3 Å². The lowest BCUT2D eigenvalue weighted by Crippen LogP contribution is -2.43. The van der Waals surface area contributed by atoms with Gasteiger partial charge in [-0.15, -0.1) is 0 Å². The smallest absolute Gasteiger partial charge is 0.276 e. The molecule has 1 N–H and O–H groups in total. The third-order valence-corrected chi connectivity index (χ3v) is 5.48. The average Bonchev–Trinajstić information content (AvgIpc) is 3.45. The maximum atomic E-state index is 12.7. The number of piperidine rings is 1. The fourth-order valence-corrected chi connectivity index (χ4v) is 3.76. The van der Waals surface area contributed by atoms with Crippen molar-refractivity contribution in [3.8, 4) is 11.3 Å². The molecular weight excluding hydrogens is 358 g/mol. The first kappa shape index (κ1) is 18.7. The lowest BCUT2D eigenvalue weighted by Gasteiger charge is -2.31. The summed E-state index contributed by atoms with van der Waals surface area (Å²) in [5, 5.41) is 6.95. The average molecular weight is 383 g/mol. The van der Waals surface area contributed by atoms with Crippen LogP contribution in [-0.4, -0.2) is 54.2 Å². The molecule has 3 heterocycles. The molecule has 4 rings (SSSR count). The molecule has 7 nitrogen and oxygen atoms in total. The minimum absolute atomic E-state index is 0.00737. The molecule has 28 heavy (non-hydrogen) atoms. The molecule has 0 bridgehead atoms. The molecule has 2 aliphatic heterocycles. The van der Waals surface area contributed by atoms with Crippen LogP contribution in [-0.2, 0) is 9.53 Å². The Bertz CT molecular complexity index is 806. The van der Waals surface area contributed by atoms with E-state index in [1.54, 1.807) is 6.07 Å². The van der Waals surface area contributed by atoms with Gasteiger partial charge in [0.15, 0.2) is 11.5 Å². The Kier molecular flexibility index (Phi) is 5.71. The van der Waals surface area contributed by atoms with Crippen molar-refractivity contribution in [2.75, 3.05) is 26.2 Å². The number of likely N-dealkylation sites (tertiary alicyclic amines) is 1. The summed E-state index contributed by atoms with van der Waals surface area (Å²) in [5.41, 5.74) is 1.23. The number of carbonyl (C=O) groups excluding carboxylic acids is 2. The zero-order chi connectivity index (χ0) is 19.3. The summed E-state index contributed by atoms with van der Waals surface area (Å²) in [7, 11) is 0. The van der Waals surface area contributed by atoms with E-state index in [2.05, 4.69) is 10.5 Å². The van der Waals surface area contributed by atoms with Crippen LogP contribution in [0.1, 0.15) is 36.2 Å². The monoisotopic (exact) mass is 383 g/mol. The highest BCUT2D eigenvalue weighted by molar-refractivity contribution is 5.93. The minimum atomic E-state index is -0.285. The van der Waals surface area contributed by atoms with E-state index in [9.17, 15) is 9.59 Å². The minimum Gasteiger partial charge on any atom is -0.368 e. The Morgan fingerprint density at radius 1 is 1.14 bits per heavy atom. The summed E-state index contributed by atoms with van der Waals surface area (Å²) in [6, 6.07) is 11.3. The van der Waals surface area contributed by atoms with Gasteiger partial charge < -0.3 is 19.5 Å². The molecule has 0 radical (unpaired) electrons. The molecule has 0 saturated carbocycles. The summed E-state index contributed by atoms with van der Waals surface area (Å²) in [6.07, 6.45) is 3.20. The number of nitrogens with zero attached hydrogens (tertiary/aromatic N) is 2. The van der Waals surface area contributed by atoms with Crippen LogP contribution >= 0.6 is 0 Å². The molecule has 1 aromatic heterocycles. The predicted octanol–water partition coefficient (Wildman–Crippen LogP) is 2.49. The van der Waals surface area contributed by atoms with E-state index >= 15 is 0 Å². The second-order valence-corrected chi connectivity index (χ2v) is 7.42. The molecule has 2 aliphatic rings. The first-order valence-corrected chi connectivity index (χ1v) is 9.91. The van der Waals surface area contributed by atoms with E-state index in [4.69, 9.17) is 9.26 Å². The SMILES string of the molecule is O=C(NCC1CCN(C(=O)c2cc(-c3ccccc3)on2)CC1)C1CCCO1. The zero-order valence-corrected chi connectivity index (χ0v) is 15.8. The van der Waals surface area contributed by atoms with Crippen molar-refractivity contribution in [3.63, 3.8) is 0 Å². The fourth-order valence-electron chi connectivity index (χ4n) is 3.76. The largest absolute Gasteiger partial charge is 0.368 e. The highest BCUT2D eigenvalue weighted by Gasteiger charge is 2.28. The topological polar surface area (TPSA) is 84.7 Å². The first-order chi connectivity index (χ1) is 13.7. The second kappa shape index (κ2) is 8.56. The molecule has 1 unspecified atom stereocenters. The second-order valence-electron chi connectivity index (χ2n) is 7.42. The van der Waals surface area contributed by atoms with Crippen LogP contribution in [0.3, 0.4) is 0 Å². The van der Waals surface area contributed by atoms with Crippen molar-refractivity contribution >= 4 is 11.8 Å². The summed E-state index contributed by atoms with van der Waals surface area (Å²) >= 11 is 0. The van der Waals surface area contributed by atoms with Gasteiger partial charge in [0.2, 0.25) is 5.91 Å². The number of ether oxygens (including phenoxy) is 1. The maximum absolute atomic E-state index is 12.7. The molecule has 2 aromatic rings. The Hall–Kier alpha value is -2.67. The highest BCUT2D eigenvalue weighted by atomic mass is 16.5. The van der Waals surface area contributed by atoms with Crippen molar-refractivity contribution in [1.29, 1.82) is 0 Å². The number of hydrogen-bond donors (Lipinski definition) is 1. The normalized spacial score (nSPS) is 20.3. The fraction of sp³-hybridized carbons (Fsp3) is 0.476. The van der Waals surface area contributed by atoms with Gasteiger partial charge in [0.25, 0.3) is 5.91 Å². The van der Waals surface area contributed by atoms with Crippen LogP contribution in [0.5, 0.6) is 0 Å². The van der Waals surface area contributed by atoms with Crippen LogP contribution in [0.2, 0.25) is 0 Å². The molecule has 0 spiro atoms. The Morgan fingerprint density at radius 3 is 2.64 bits per heavy atom. The third kappa shape index (κ3) is 4.25. The number of rotatable bonds is 5. The number of amides is 2. The lowest BCUT2D eigenvalue weighted by molar-refractivity contribution is -0.130. The Morgan fingerprint density at radius 2 is 1.93 bits per heavy atom. The van der Waals surface area contributed by atoms with Crippen molar-refractivity contribution in [3.05, 3.63) is 42.1 Å². The third-order valence-electron chi connectivity index (χ3n) is 5.48. The van der Waals surface area contributed by atoms with Crippen LogP contribution in [0.15, 0.2) is 40.9 Å². The van der Waals surface area contributed by atoms with E-state index in [0.29, 0.717) is 43.6 Å². The van der Waals surface area contributed by atoms with E-state index in [0.717, 1.165) is 31.2 Å². The van der Waals surface area contributed by atoms with E-state index in [1.165, 1.54) is 0 Å². The summed E-state index contributed by atoms with van der Waals surface area (Å²) < 4.78 is 10.7. The van der Waals surface area contributed by atoms with Crippen molar-refractivity contribution in [2.24, 2.45) is 5.92 Å². The molecule has 2 fully saturated rings. The van der Waals surface area contributed by atoms with Gasteiger partial charge in [-0.05, 0) is 31.6 Å². The predicted molar refractivity (Wildman–Crippen MR) is 103 cm³/mol. The molecule has 2 saturated heterocycles. The van der Waals surface area contributed by atoms with Gasteiger partial charge in [0.05, 0.1) is 0 Å². The van der Waals surface area contributed by atoms with E-state index < -0.39 is 0 Å². The number of hydrogen-bond acceptors (Lipinski definition) is 5.